The molecule has 2 aromatic carbocycles. The van der Waals surface area contributed by atoms with Crippen LogP contribution < -0.4 is 19.7 Å². The monoisotopic (exact) mass is 380 g/mol. The number of benzene rings is 2. The number of carbonyl (C=O) groups is 2. The smallest absolute Gasteiger partial charge is 0.267 e. The van der Waals surface area contributed by atoms with Crippen LogP contribution >= 0.6 is 0 Å². The number of amides is 2. The molecule has 0 radical (unpaired) electrons. The van der Waals surface area contributed by atoms with Crippen molar-refractivity contribution in [2.75, 3.05) is 23.4 Å². The minimum Gasteiger partial charge on any atom is -0.492 e. The van der Waals surface area contributed by atoms with Gasteiger partial charge in [-0.15, -0.1) is 0 Å². The van der Waals surface area contributed by atoms with Crippen LogP contribution in [0.15, 0.2) is 42.5 Å². The zero-order valence-corrected chi connectivity index (χ0v) is 16.1. The van der Waals surface area contributed by atoms with Gasteiger partial charge in [0.15, 0.2) is 6.10 Å². The predicted octanol–water partition coefficient (Wildman–Crippen LogP) is 3.54. The molecule has 4 rings (SSSR count). The second kappa shape index (κ2) is 7.54. The summed E-state index contributed by atoms with van der Waals surface area (Å²) in [6.45, 7) is 4.50. The highest BCUT2D eigenvalue weighted by molar-refractivity contribution is 6.01. The molecule has 1 fully saturated rings. The number of ether oxygens (including phenoxy) is 2. The minimum atomic E-state index is -0.557. The Morgan fingerprint density at radius 1 is 1.25 bits per heavy atom. The van der Waals surface area contributed by atoms with Gasteiger partial charge in [0.2, 0.25) is 5.91 Å². The first kappa shape index (κ1) is 18.3. The molecule has 1 saturated carbocycles. The molecule has 1 atom stereocenters. The number of fused-ring (bicyclic) bond motifs is 1. The number of nitrogens with zero attached hydrogens (tertiary/aromatic N) is 1. The number of nitrogens with one attached hydrogen (secondary N) is 1. The second-order valence-electron chi connectivity index (χ2n) is 7.36. The Bertz CT molecular complexity index is 907. The van der Waals surface area contributed by atoms with E-state index in [1.54, 1.807) is 24.0 Å². The number of hydrogen-bond acceptors (Lipinski definition) is 4. The van der Waals surface area contributed by atoms with Crippen molar-refractivity contribution in [3.8, 4) is 11.5 Å². The summed E-state index contributed by atoms with van der Waals surface area (Å²) in [4.78, 5) is 26.4. The Morgan fingerprint density at radius 3 is 2.82 bits per heavy atom. The maximum absolute atomic E-state index is 12.7. The van der Waals surface area contributed by atoms with Gasteiger partial charge in [-0.25, -0.2) is 0 Å². The maximum atomic E-state index is 12.7. The van der Waals surface area contributed by atoms with Crippen LogP contribution in [0.5, 0.6) is 11.5 Å². The number of carbonyl (C=O) groups excluding carboxylic acids is 2. The first-order valence-corrected chi connectivity index (χ1v) is 9.63. The lowest BCUT2D eigenvalue weighted by molar-refractivity contribution is -0.125. The van der Waals surface area contributed by atoms with Gasteiger partial charge >= 0.3 is 0 Å². The van der Waals surface area contributed by atoms with Gasteiger partial charge in [0.05, 0.1) is 12.2 Å². The highest BCUT2D eigenvalue weighted by Crippen LogP contribution is 2.37. The fourth-order valence-corrected chi connectivity index (χ4v) is 3.27. The quantitative estimate of drug-likeness (QED) is 0.832. The Hall–Kier alpha value is -3.02. The molecule has 2 amide bonds. The molecule has 28 heavy (non-hydrogen) atoms. The molecule has 1 heterocycles. The summed E-state index contributed by atoms with van der Waals surface area (Å²) in [7, 11) is 0. The van der Waals surface area contributed by atoms with Crippen LogP contribution in [0, 0.1) is 12.8 Å². The molecule has 2 aromatic rings. The van der Waals surface area contributed by atoms with E-state index in [2.05, 4.69) is 5.32 Å². The summed E-state index contributed by atoms with van der Waals surface area (Å²) in [5.74, 6) is 1.44. The number of hydrogen-bond donors (Lipinski definition) is 1. The van der Waals surface area contributed by atoms with Gasteiger partial charge in [0.25, 0.3) is 5.91 Å². The highest BCUT2D eigenvalue weighted by atomic mass is 16.5. The van der Waals surface area contributed by atoms with Crippen molar-refractivity contribution in [3.05, 3.63) is 48.0 Å². The third kappa shape index (κ3) is 3.96. The molecular formula is C22H24N2O4. The van der Waals surface area contributed by atoms with E-state index >= 15 is 0 Å². The van der Waals surface area contributed by atoms with Crippen molar-refractivity contribution in [2.45, 2.75) is 32.8 Å². The second-order valence-corrected chi connectivity index (χ2v) is 7.36. The topological polar surface area (TPSA) is 67.9 Å². The molecule has 0 saturated heterocycles. The van der Waals surface area contributed by atoms with E-state index in [9.17, 15) is 9.59 Å². The highest BCUT2D eigenvalue weighted by Gasteiger charge is 2.33. The normalized spacial score (nSPS) is 18.3. The zero-order valence-electron chi connectivity index (χ0n) is 16.1. The lowest BCUT2D eigenvalue weighted by Gasteiger charge is -2.33. The fourth-order valence-electron chi connectivity index (χ4n) is 3.27. The molecule has 6 nitrogen and oxygen atoms in total. The van der Waals surface area contributed by atoms with Crippen molar-refractivity contribution in [3.63, 3.8) is 0 Å². The fraction of sp³-hybridized carbons (Fsp3) is 0.364. The molecule has 1 aliphatic carbocycles. The average molecular weight is 380 g/mol. The number of rotatable bonds is 6. The Labute approximate surface area is 164 Å². The van der Waals surface area contributed by atoms with Crippen LogP contribution in [0.25, 0.3) is 0 Å². The Morgan fingerprint density at radius 2 is 2.07 bits per heavy atom. The Kier molecular flexibility index (Phi) is 4.94. The van der Waals surface area contributed by atoms with E-state index < -0.39 is 6.10 Å². The van der Waals surface area contributed by atoms with E-state index in [0.29, 0.717) is 30.3 Å². The van der Waals surface area contributed by atoms with Crippen molar-refractivity contribution >= 4 is 23.2 Å². The van der Waals surface area contributed by atoms with E-state index in [1.807, 2.05) is 37.3 Å². The van der Waals surface area contributed by atoms with Gasteiger partial charge in [-0.2, -0.15) is 0 Å². The summed E-state index contributed by atoms with van der Waals surface area (Å²) in [5.41, 5.74) is 2.45. The number of anilines is 2. The molecule has 1 N–H and O–H groups in total. The van der Waals surface area contributed by atoms with E-state index in [-0.39, 0.29) is 17.7 Å². The predicted molar refractivity (Wildman–Crippen MR) is 107 cm³/mol. The van der Waals surface area contributed by atoms with Crippen molar-refractivity contribution in [2.24, 2.45) is 5.92 Å². The summed E-state index contributed by atoms with van der Waals surface area (Å²) in [5, 5.41) is 2.93. The third-order valence-corrected chi connectivity index (χ3v) is 4.96. The molecule has 0 aromatic heterocycles. The molecular weight excluding hydrogens is 356 g/mol. The van der Waals surface area contributed by atoms with Crippen LogP contribution in [0.3, 0.4) is 0 Å². The largest absolute Gasteiger partial charge is 0.492 e. The molecule has 6 heteroatoms. The van der Waals surface area contributed by atoms with Crippen LogP contribution in [0.2, 0.25) is 0 Å². The molecule has 0 spiro atoms. The zero-order chi connectivity index (χ0) is 19.7. The van der Waals surface area contributed by atoms with Crippen LogP contribution in [0.4, 0.5) is 11.4 Å². The van der Waals surface area contributed by atoms with Crippen molar-refractivity contribution in [1.82, 2.24) is 0 Å². The summed E-state index contributed by atoms with van der Waals surface area (Å²) in [6, 6.07) is 13.2. The minimum absolute atomic E-state index is 0.0331. The first-order chi connectivity index (χ1) is 13.5. The number of aryl methyl sites for hydroxylation is 1. The third-order valence-electron chi connectivity index (χ3n) is 4.96. The van der Waals surface area contributed by atoms with Crippen molar-refractivity contribution in [1.29, 1.82) is 0 Å². The van der Waals surface area contributed by atoms with Gasteiger partial charge in [0, 0.05) is 11.6 Å². The standard InChI is InChI=1S/C22H24N2O4/c1-14-4-3-5-18(12-14)27-11-10-24-19-13-17(23-21(25)16-6-7-16)8-9-20(19)28-15(2)22(24)26/h3-5,8-9,12-13,15-16H,6-7,10-11H2,1-2H3,(H,23,25). The van der Waals surface area contributed by atoms with Crippen LogP contribution in [-0.4, -0.2) is 31.1 Å². The Balaban J connectivity index is 1.49. The molecule has 1 aliphatic heterocycles. The SMILES string of the molecule is Cc1cccc(OCCN2C(=O)C(C)Oc3ccc(NC(=O)C4CC4)cc32)c1. The lowest BCUT2D eigenvalue weighted by Crippen LogP contribution is -2.46. The van der Waals surface area contributed by atoms with E-state index in [0.717, 1.165) is 24.2 Å². The molecule has 0 bridgehead atoms. The van der Waals surface area contributed by atoms with Gasteiger partial charge in [-0.1, -0.05) is 12.1 Å². The summed E-state index contributed by atoms with van der Waals surface area (Å²) in [6.07, 6.45) is 1.33. The lowest BCUT2D eigenvalue weighted by atomic mass is 10.1. The van der Waals surface area contributed by atoms with Crippen molar-refractivity contribution < 1.29 is 19.1 Å². The van der Waals surface area contributed by atoms with E-state index in [1.165, 1.54) is 0 Å². The van der Waals surface area contributed by atoms with Crippen LogP contribution in [0.1, 0.15) is 25.3 Å². The van der Waals surface area contributed by atoms with Crippen LogP contribution in [-0.2, 0) is 9.59 Å². The first-order valence-electron chi connectivity index (χ1n) is 9.63. The van der Waals surface area contributed by atoms with Gasteiger partial charge < -0.3 is 19.7 Å². The van der Waals surface area contributed by atoms with Gasteiger partial charge in [-0.3, -0.25) is 9.59 Å². The molecule has 2 aliphatic rings. The van der Waals surface area contributed by atoms with Gasteiger partial charge in [0.1, 0.15) is 18.1 Å². The maximum Gasteiger partial charge on any atom is 0.267 e. The summed E-state index contributed by atoms with van der Waals surface area (Å²) >= 11 is 0. The van der Waals surface area contributed by atoms with Gasteiger partial charge in [-0.05, 0) is 62.6 Å². The molecule has 146 valence electrons. The molecule has 1 unspecified atom stereocenters. The average Bonchev–Trinajstić information content (AvgIpc) is 3.51. The van der Waals surface area contributed by atoms with E-state index in [4.69, 9.17) is 9.47 Å². The summed E-state index contributed by atoms with van der Waals surface area (Å²) < 4.78 is 11.5.